The number of hydrogen-bond donors (Lipinski definition) is 0. The van der Waals surface area contributed by atoms with Crippen LogP contribution in [0.25, 0.3) is 0 Å². The fourth-order valence-corrected chi connectivity index (χ4v) is 1.26. The van der Waals surface area contributed by atoms with Gasteiger partial charge in [0.15, 0.2) is 0 Å². The highest BCUT2D eigenvalue weighted by atomic mass is 16.6. The second kappa shape index (κ2) is 6.08. The molecule has 6 nitrogen and oxygen atoms in total. The first-order valence-electron chi connectivity index (χ1n) is 5.83. The van der Waals surface area contributed by atoms with Gasteiger partial charge in [0.1, 0.15) is 0 Å². The molecule has 0 radical (unpaired) electrons. The smallest absolute Gasteiger partial charge is 0.346 e. The molecule has 0 N–H and O–H groups in total. The highest BCUT2D eigenvalue weighted by Gasteiger charge is 2.22. The van der Waals surface area contributed by atoms with Gasteiger partial charge in [0.2, 0.25) is 0 Å². The minimum Gasteiger partial charge on any atom is -0.389 e. The molecular formula is C13H15NO5. The number of nitro benzene ring substituents is 1. The van der Waals surface area contributed by atoms with Crippen LogP contribution in [0.5, 0.6) is 0 Å². The molecule has 6 heteroatoms. The van der Waals surface area contributed by atoms with Crippen molar-refractivity contribution in [2.45, 2.75) is 20.8 Å². The molecule has 0 aliphatic carbocycles. The van der Waals surface area contributed by atoms with Gasteiger partial charge in [-0.25, -0.2) is 4.79 Å². The Morgan fingerprint density at radius 3 is 2.42 bits per heavy atom. The van der Waals surface area contributed by atoms with Crippen molar-refractivity contribution >= 4 is 17.6 Å². The van der Waals surface area contributed by atoms with Crippen LogP contribution in [0.4, 0.5) is 5.69 Å². The van der Waals surface area contributed by atoms with Crippen molar-refractivity contribution in [3.8, 4) is 0 Å². The fraction of sp³-hybridized carbons (Fsp3) is 0.385. The first kappa shape index (κ1) is 14.8. The molecule has 19 heavy (non-hydrogen) atoms. The van der Waals surface area contributed by atoms with E-state index in [1.807, 2.05) is 13.8 Å². The lowest BCUT2D eigenvalue weighted by Gasteiger charge is -2.13. The zero-order chi connectivity index (χ0) is 14.6. The second-order valence-electron chi connectivity index (χ2n) is 4.55. The number of carbonyl (C=O) groups is 2. The van der Waals surface area contributed by atoms with Crippen molar-refractivity contribution in [1.29, 1.82) is 0 Å². The quantitative estimate of drug-likeness (QED) is 0.361. The molecule has 0 spiro atoms. The fourth-order valence-electron chi connectivity index (χ4n) is 1.26. The Morgan fingerprint density at radius 1 is 1.26 bits per heavy atom. The van der Waals surface area contributed by atoms with E-state index in [9.17, 15) is 19.7 Å². The summed E-state index contributed by atoms with van der Waals surface area (Å²) in [5.74, 6) is -1.87. The minimum absolute atomic E-state index is 0.0153. The number of rotatable bonds is 4. The van der Waals surface area contributed by atoms with Crippen LogP contribution in [0.15, 0.2) is 24.3 Å². The molecular weight excluding hydrogens is 250 g/mol. The molecule has 1 rings (SSSR count). The van der Waals surface area contributed by atoms with Crippen molar-refractivity contribution in [3.63, 3.8) is 0 Å². The van der Waals surface area contributed by atoms with E-state index in [0.29, 0.717) is 0 Å². The van der Waals surface area contributed by atoms with Crippen LogP contribution in [0.2, 0.25) is 0 Å². The van der Waals surface area contributed by atoms with Gasteiger partial charge in [-0.1, -0.05) is 26.8 Å². The van der Waals surface area contributed by atoms with Crippen molar-refractivity contribution in [1.82, 2.24) is 0 Å². The Kier molecular flexibility index (Phi) is 4.74. The molecule has 1 atom stereocenters. The monoisotopic (exact) mass is 265 g/mol. The molecule has 0 fully saturated rings. The average molecular weight is 265 g/mol. The Morgan fingerprint density at radius 2 is 1.89 bits per heavy atom. The van der Waals surface area contributed by atoms with Gasteiger partial charge in [0.05, 0.1) is 16.4 Å². The number of nitrogens with zero attached hydrogens (tertiary/aromatic N) is 1. The van der Waals surface area contributed by atoms with Crippen LogP contribution in [0, 0.1) is 22.0 Å². The van der Waals surface area contributed by atoms with Gasteiger partial charge >= 0.3 is 11.9 Å². The first-order chi connectivity index (χ1) is 8.82. The number of esters is 2. The Balaban J connectivity index is 2.81. The van der Waals surface area contributed by atoms with E-state index in [4.69, 9.17) is 4.74 Å². The molecule has 0 aliphatic rings. The third kappa shape index (κ3) is 3.87. The van der Waals surface area contributed by atoms with Gasteiger partial charge < -0.3 is 4.74 Å². The maximum Gasteiger partial charge on any atom is 0.346 e. The summed E-state index contributed by atoms with van der Waals surface area (Å²) >= 11 is 0. The predicted octanol–water partition coefficient (Wildman–Crippen LogP) is 2.57. The largest absolute Gasteiger partial charge is 0.389 e. The maximum atomic E-state index is 11.7. The molecule has 0 aromatic heterocycles. The Hall–Kier alpha value is -2.24. The number of benzene rings is 1. The summed E-state index contributed by atoms with van der Waals surface area (Å²) in [6.07, 6.45) is 0. The molecule has 0 saturated carbocycles. The topological polar surface area (TPSA) is 86.5 Å². The summed E-state index contributed by atoms with van der Waals surface area (Å²) in [4.78, 5) is 33.3. The van der Waals surface area contributed by atoms with Crippen LogP contribution in [0.1, 0.15) is 31.1 Å². The SMILES string of the molecule is CC(C)C(C)C(=O)OC(=O)c1cccc([N+](=O)[O-])c1. The summed E-state index contributed by atoms with van der Waals surface area (Å²) in [6.45, 7) is 5.33. The van der Waals surface area contributed by atoms with E-state index in [2.05, 4.69) is 0 Å². The maximum absolute atomic E-state index is 11.7. The first-order valence-corrected chi connectivity index (χ1v) is 5.83. The van der Waals surface area contributed by atoms with Crippen molar-refractivity contribution in [2.75, 3.05) is 0 Å². The van der Waals surface area contributed by atoms with E-state index < -0.39 is 22.8 Å². The molecule has 0 amide bonds. The number of non-ortho nitro benzene ring substituents is 1. The minimum atomic E-state index is -0.874. The van der Waals surface area contributed by atoms with Crippen LogP contribution in [0.3, 0.4) is 0 Å². The summed E-state index contributed by atoms with van der Waals surface area (Å²) < 4.78 is 4.69. The predicted molar refractivity (Wildman–Crippen MR) is 67.5 cm³/mol. The lowest BCUT2D eigenvalue weighted by molar-refractivity contribution is -0.384. The zero-order valence-electron chi connectivity index (χ0n) is 11.0. The molecule has 1 aromatic carbocycles. The summed E-state index contributed by atoms with van der Waals surface area (Å²) in [7, 11) is 0. The third-order valence-electron chi connectivity index (χ3n) is 2.86. The van der Waals surface area contributed by atoms with Crippen LogP contribution in [-0.4, -0.2) is 16.9 Å². The summed E-state index contributed by atoms with van der Waals surface area (Å²) in [5, 5.41) is 10.6. The molecule has 1 aromatic rings. The van der Waals surface area contributed by atoms with Gasteiger partial charge in [-0.15, -0.1) is 0 Å². The van der Waals surface area contributed by atoms with E-state index in [1.165, 1.54) is 18.2 Å². The van der Waals surface area contributed by atoms with Gasteiger partial charge in [0.25, 0.3) is 5.69 Å². The lowest BCUT2D eigenvalue weighted by atomic mass is 9.99. The van der Waals surface area contributed by atoms with E-state index in [1.54, 1.807) is 6.92 Å². The average Bonchev–Trinajstić information content (AvgIpc) is 2.37. The van der Waals surface area contributed by atoms with E-state index in [0.717, 1.165) is 6.07 Å². The van der Waals surface area contributed by atoms with E-state index in [-0.39, 0.29) is 17.2 Å². The van der Waals surface area contributed by atoms with Gasteiger partial charge in [-0.3, -0.25) is 14.9 Å². The van der Waals surface area contributed by atoms with E-state index >= 15 is 0 Å². The highest BCUT2D eigenvalue weighted by Crippen LogP contribution is 2.16. The number of nitro groups is 1. The molecule has 0 bridgehead atoms. The summed E-state index contributed by atoms with van der Waals surface area (Å²) in [6, 6.07) is 5.07. The van der Waals surface area contributed by atoms with Crippen molar-refractivity contribution in [2.24, 2.45) is 11.8 Å². The standard InChI is InChI=1S/C13H15NO5/c1-8(2)9(3)12(15)19-13(16)10-5-4-6-11(7-10)14(17)18/h4-9H,1-3H3. The number of hydrogen-bond acceptors (Lipinski definition) is 5. The normalized spacial score (nSPS) is 12.0. The van der Waals surface area contributed by atoms with Crippen LogP contribution >= 0.6 is 0 Å². The zero-order valence-corrected chi connectivity index (χ0v) is 11.0. The van der Waals surface area contributed by atoms with Crippen LogP contribution in [-0.2, 0) is 9.53 Å². The number of carbonyl (C=O) groups excluding carboxylic acids is 2. The third-order valence-corrected chi connectivity index (χ3v) is 2.86. The molecule has 1 unspecified atom stereocenters. The second-order valence-corrected chi connectivity index (χ2v) is 4.55. The van der Waals surface area contributed by atoms with Crippen LogP contribution < -0.4 is 0 Å². The molecule has 0 saturated heterocycles. The van der Waals surface area contributed by atoms with Crippen molar-refractivity contribution < 1.29 is 19.2 Å². The Labute approximate surface area is 110 Å². The Bertz CT molecular complexity index is 510. The molecule has 0 heterocycles. The van der Waals surface area contributed by atoms with Gasteiger partial charge in [-0.05, 0) is 12.0 Å². The van der Waals surface area contributed by atoms with Crippen molar-refractivity contribution in [3.05, 3.63) is 39.9 Å². The molecule has 102 valence electrons. The number of ether oxygens (including phenoxy) is 1. The molecule has 0 aliphatic heterocycles. The summed E-state index contributed by atoms with van der Waals surface area (Å²) in [5.41, 5.74) is -0.239. The lowest BCUT2D eigenvalue weighted by Crippen LogP contribution is -2.22. The highest BCUT2D eigenvalue weighted by molar-refractivity contribution is 5.97. The van der Waals surface area contributed by atoms with Gasteiger partial charge in [0, 0.05) is 12.1 Å². The van der Waals surface area contributed by atoms with Gasteiger partial charge in [-0.2, -0.15) is 0 Å².